The van der Waals surface area contributed by atoms with Gasteiger partial charge in [0.05, 0.1) is 10.0 Å². The van der Waals surface area contributed by atoms with E-state index in [-0.39, 0.29) is 0 Å². The van der Waals surface area contributed by atoms with E-state index in [1.807, 2.05) is 18.2 Å². The summed E-state index contributed by atoms with van der Waals surface area (Å²) in [5, 5.41) is 4.76. The van der Waals surface area contributed by atoms with E-state index in [0.29, 0.717) is 14.8 Å². The van der Waals surface area contributed by atoms with E-state index in [9.17, 15) is 0 Å². The first-order valence-corrected chi connectivity index (χ1v) is 7.62. The highest BCUT2D eigenvalue weighted by atomic mass is 35.5. The normalized spacial score (nSPS) is 24.2. The van der Waals surface area contributed by atoms with Crippen LogP contribution in [0.5, 0.6) is 0 Å². The lowest BCUT2D eigenvalue weighted by molar-refractivity contribution is 0.537. The third-order valence-electron chi connectivity index (χ3n) is 3.11. The van der Waals surface area contributed by atoms with Gasteiger partial charge in [0.2, 0.25) is 0 Å². The molecule has 17 heavy (non-hydrogen) atoms. The molecule has 1 N–H and O–H groups in total. The predicted octanol–water partition coefficient (Wildman–Crippen LogP) is 4.37. The second kappa shape index (κ2) is 5.83. The van der Waals surface area contributed by atoms with Crippen molar-refractivity contribution in [2.75, 3.05) is 12.3 Å². The van der Waals surface area contributed by atoms with Gasteiger partial charge in [0.25, 0.3) is 0 Å². The standard InChI is InChI=1S/C13H17Cl2NS/c1-13(5-2-6-17-13)9-16-8-10-3-4-11(14)12(15)7-10/h3-4,7,16H,2,5-6,8-9H2,1H3. The summed E-state index contributed by atoms with van der Waals surface area (Å²) in [4.78, 5) is 0. The zero-order valence-corrected chi connectivity index (χ0v) is 12.3. The van der Waals surface area contributed by atoms with Gasteiger partial charge in [0.15, 0.2) is 0 Å². The van der Waals surface area contributed by atoms with E-state index in [1.54, 1.807) is 0 Å². The first kappa shape index (κ1) is 13.5. The molecule has 0 saturated carbocycles. The molecule has 1 heterocycles. The quantitative estimate of drug-likeness (QED) is 0.883. The van der Waals surface area contributed by atoms with Crippen LogP contribution in [0.3, 0.4) is 0 Å². The molecular formula is C13H17Cl2NS. The fourth-order valence-electron chi connectivity index (χ4n) is 2.10. The molecular weight excluding hydrogens is 273 g/mol. The fraction of sp³-hybridized carbons (Fsp3) is 0.538. The summed E-state index contributed by atoms with van der Waals surface area (Å²) in [6.07, 6.45) is 2.65. The lowest BCUT2D eigenvalue weighted by Crippen LogP contribution is -2.32. The summed E-state index contributed by atoms with van der Waals surface area (Å²) >= 11 is 13.9. The molecule has 1 unspecified atom stereocenters. The van der Waals surface area contributed by atoms with Gasteiger partial charge in [0, 0.05) is 17.8 Å². The zero-order chi connectivity index (χ0) is 12.3. The Morgan fingerprint density at radius 2 is 2.18 bits per heavy atom. The van der Waals surface area contributed by atoms with Crippen molar-refractivity contribution in [1.82, 2.24) is 5.32 Å². The minimum Gasteiger partial charge on any atom is -0.311 e. The van der Waals surface area contributed by atoms with Gasteiger partial charge in [-0.3, -0.25) is 0 Å². The van der Waals surface area contributed by atoms with E-state index >= 15 is 0 Å². The number of halogens is 2. The van der Waals surface area contributed by atoms with Crippen LogP contribution in [-0.2, 0) is 6.54 Å². The lowest BCUT2D eigenvalue weighted by atomic mass is 10.1. The molecule has 0 aromatic heterocycles. The number of thioether (sulfide) groups is 1. The maximum atomic E-state index is 5.98. The molecule has 1 nitrogen and oxygen atoms in total. The molecule has 0 aliphatic carbocycles. The van der Waals surface area contributed by atoms with Crippen LogP contribution in [0.15, 0.2) is 18.2 Å². The Morgan fingerprint density at radius 1 is 1.35 bits per heavy atom. The van der Waals surface area contributed by atoms with Crippen molar-refractivity contribution >= 4 is 35.0 Å². The highest BCUT2D eigenvalue weighted by Crippen LogP contribution is 2.37. The predicted molar refractivity (Wildman–Crippen MR) is 78.3 cm³/mol. The fourth-order valence-corrected chi connectivity index (χ4v) is 3.69. The van der Waals surface area contributed by atoms with E-state index in [1.165, 1.54) is 24.2 Å². The van der Waals surface area contributed by atoms with Crippen LogP contribution in [0, 0.1) is 0 Å². The van der Waals surface area contributed by atoms with Crippen molar-refractivity contribution in [3.63, 3.8) is 0 Å². The first-order chi connectivity index (χ1) is 8.09. The van der Waals surface area contributed by atoms with Gasteiger partial charge < -0.3 is 5.32 Å². The molecule has 1 atom stereocenters. The summed E-state index contributed by atoms with van der Waals surface area (Å²) in [6.45, 7) is 4.25. The summed E-state index contributed by atoms with van der Waals surface area (Å²) < 4.78 is 0.413. The Morgan fingerprint density at radius 3 is 2.82 bits per heavy atom. The maximum Gasteiger partial charge on any atom is 0.0595 e. The Labute approximate surface area is 117 Å². The minimum atomic E-state index is 0.413. The molecule has 1 aromatic carbocycles. The van der Waals surface area contributed by atoms with Crippen molar-refractivity contribution in [3.8, 4) is 0 Å². The maximum absolute atomic E-state index is 5.98. The van der Waals surface area contributed by atoms with E-state index in [2.05, 4.69) is 24.0 Å². The van der Waals surface area contributed by atoms with Crippen LogP contribution in [-0.4, -0.2) is 17.0 Å². The number of benzene rings is 1. The van der Waals surface area contributed by atoms with E-state index < -0.39 is 0 Å². The Hall–Kier alpha value is 0.110. The molecule has 1 aliphatic rings. The van der Waals surface area contributed by atoms with Crippen LogP contribution in [0.2, 0.25) is 10.0 Å². The molecule has 1 saturated heterocycles. The van der Waals surface area contributed by atoms with Crippen molar-refractivity contribution < 1.29 is 0 Å². The molecule has 0 radical (unpaired) electrons. The summed E-state index contributed by atoms with van der Waals surface area (Å²) in [7, 11) is 0. The molecule has 1 fully saturated rings. The summed E-state index contributed by atoms with van der Waals surface area (Å²) in [6, 6.07) is 5.80. The third kappa shape index (κ3) is 3.78. The molecule has 1 aliphatic heterocycles. The Bertz CT molecular complexity index is 389. The summed E-state index contributed by atoms with van der Waals surface area (Å²) in [5.41, 5.74) is 1.19. The minimum absolute atomic E-state index is 0.413. The molecule has 0 spiro atoms. The van der Waals surface area contributed by atoms with Crippen molar-refractivity contribution in [2.24, 2.45) is 0 Å². The van der Waals surface area contributed by atoms with Gasteiger partial charge in [-0.2, -0.15) is 11.8 Å². The molecule has 1 aromatic rings. The van der Waals surface area contributed by atoms with E-state index in [4.69, 9.17) is 23.2 Å². The van der Waals surface area contributed by atoms with Gasteiger partial charge in [-0.15, -0.1) is 0 Å². The van der Waals surface area contributed by atoms with Gasteiger partial charge in [0.1, 0.15) is 0 Å². The highest BCUT2D eigenvalue weighted by molar-refractivity contribution is 8.00. The highest BCUT2D eigenvalue weighted by Gasteiger charge is 2.28. The van der Waals surface area contributed by atoms with E-state index in [0.717, 1.165) is 13.1 Å². The summed E-state index contributed by atoms with van der Waals surface area (Å²) in [5.74, 6) is 1.30. The van der Waals surface area contributed by atoms with Gasteiger partial charge in [-0.1, -0.05) is 29.3 Å². The second-order valence-corrected chi connectivity index (χ2v) is 7.25. The molecule has 0 amide bonds. The van der Waals surface area contributed by atoms with Crippen LogP contribution < -0.4 is 5.32 Å². The average molecular weight is 290 g/mol. The zero-order valence-electron chi connectivity index (χ0n) is 9.93. The van der Waals surface area contributed by atoms with Crippen molar-refractivity contribution in [3.05, 3.63) is 33.8 Å². The molecule has 2 rings (SSSR count). The Kier molecular flexibility index (Phi) is 4.65. The SMILES string of the molecule is CC1(CNCc2ccc(Cl)c(Cl)c2)CCCS1. The first-order valence-electron chi connectivity index (χ1n) is 5.88. The van der Waals surface area contributed by atoms with Crippen molar-refractivity contribution in [1.29, 1.82) is 0 Å². The van der Waals surface area contributed by atoms with Crippen LogP contribution in [0.4, 0.5) is 0 Å². The van der Waals surface area contributed by atoms with Gasteiger partial charge in [-0.25, -0.2) is 0 Å². The smallest absolute Gasteiger partial charge is 0.0595 e. The van der Waals surface area contributed by atoms with Crippen molar-refractivity contribution in [2.45, 2.75) is 31.1 Å². The number of nitrogens with one attached hydrogen (secondary N) is 1. The average Bonchev–Trinajstić information content (AvgIpc) is 2.71. The van der Waals surface area contributed by atoms with Crippen LogP contribution in [0.1, 0.15) is 25.3 Å². The topological polar surface area (TPSA) is 12.0 Å². The Balaban J connectivity index is 1.83. The number of hydrogen-bond acceptors (Lipinski definition) is 2. The molecule has 0 bridgehead atoms. The monoisotopic (exact) mass is 289 g/mol. The third-order valence-corrected chi connectivity index (χ3v) is 5.39. The number of hydrogen-bond donors (Lipinski definition) is 1. The molecule has 4 heteroatoms. The van der Waals surface area contributed by atoms with Crippen LogP contribution in [0.25, 0.3) is 0 Å². The van der Waals surface area contributed by atoms with Crippen LogP contribution >= 0.6 is 35.0 Å². The van der Waals surface area contributed by atoms with Gasteiger partial charge >= 0.3 is 0 Å². The number of rotatable bonds is 4. The largest absolute Gasteiger partial charge is 0.311 e. The van der Waals surface area contributed by atoms with Gasteiger partial charge in [-0.05, 0) is 43.2 Å². The lowest BCUT2D eigenvalue weighted by Gasteiger charge is -2.23. The second-order valence-electron chi connectivity index (χ2n) is 4.75. The molecule has 94 valence electrons.